The van der Waals surface area contributed by atoms with Crippen molar-refractivity contribution in [3.8, 4) is 5.75 Å². The van der Waals surface area contributed by atoms with E-state index in [0.29, 0.717) is 24.4 Å². The second-order valence-corrected chi connectivity index (χ2v) is 8.94. The van der Waals surface area contributed by atoms with Crippen molar-refractivity contribution < 1.29 is 14.3 Å². The molecule has 2 aromatic rings. The Hall–Kier alpha value is -2.57. The summed E-state index contributed by atoms with van der Waals surface area (Å²) >= 11 is 5.98. The average Bonchev–Trinajstić information content (AvgIpc) is 3.04. The van der Waals surface area contributed by atoms with E-state index in [2.05, 4.69) is 10.2 Å². The molecule has 0 bridgehead atoms. The molecular weight excluding hydrogens is 426 g/mol. The lowest BCUT2D eigenvalue weighted by Gasteiger charge is -2.29. The second-order valence-electron chi connectivity index (χ2n) is 8.51. The summed E-state index contributed by atoms with van der Waals surface area (Å²) in [5.74, 6) is 0.401. The largest absolute Gasteiger partial charge is 0.497 e. The van der Waals surface area contributed by atoms with Gasteiger partial charge in [0.2, 0.25) is 5.91 Å². The molecule has 6 nitrogen and oxygen atoms in total. The summed E-state index contributed by atoms with van der Waals surface area (Å²) in [6.07, 6.45) is 0.899. The SMILES string of the molecule is COc1ccc(C(=O)NC(C(=O)N2CCCN(Cc3ccc(Cl)cc3)CC2)C(C)C)cc1. The number of methoxy groups -OCH3 is 1. The van der Waals surface area contributed by atoms with Crippen molar-refractivity contribution in [3.63, 3.8) is 0 Å². The monoisotopic (exact) mass is 457 g/mol. The van der Waals surface area contributed by atoms with E-state index in [-0.39, 0.29) is 17.7 Å². The van der Waals surface area contributed by atoms with Crippen LogP contribution in [-0.2, 0) is 11.3 Å². The third-order valence-corrected chi connectivity index (χ3v) is 6.04. The predicted molar refractivity (Wildman–Crippen MR) is 127 cm³/mol. The van der Waals surface area contributed by atoms with Crippen molar-refractivity contribution in [2.45, 2.75) is 32.9 Å². The molecule has 1 saturated heterocycles. The lowest BCUT2D eigenvalue weighted by atomic mass is 10.0. The Bertz CT molecular complexity index is 900. The van der Waals surface area contributed by atoms with Gasteiger partial charge in [0.05, 0.1) is 7.11 Å². The number of halogens is 1. The van der Waals surface area contributed by atoms with Gasteiger partial charge in [-0.15, -0.1) is 0 Å². The summed E-state index contributed by atoms with van der Waals surface area (Å²) in [6, 6.07) is 14.2. The number of benzene rings is 2. The molecule has 1 atom stereocenters. The number of ether oxygens (including phenoxy) is 1. The van der Waals surface area contributed by atoms with Gasteiger partial charge in [-0.1, -0.05) is 37.6 Å². The number of rotatable bonds is 7. The molecule has 0 saturated carbocycles. The van der Waals surface area contributed by atoms with Crippen LogP contribution in [0.1, 0.15) is 36.2 Å². The number of hydrogen-bond acceptors (Lipinski definition) is 4. The molecule has 2 amide bonds. The third kappa shape index (κ3) is 6.47. The van der Waals surface area contributed by atoms with Crippen LogP contribution in [0.5, 0.6) is 5.75 Å². The Kier molecular flexibility index (Phi) is 8.53. The van der Waals surface area contributed by atoms with E-state index in [4.69, 9.17) is 16.3 Å². The number of nitrogens with one attached hydrogen (secondary N) is 1. The highest BCUT2D eigenvalue weighted by atomic mass is 35.5. The summed E-state index contributed by atoms with van der Waals surface area (Å²) in [6.45, 7) is 7.82. The molecule has 0 radical (unpaired) electrons. The van der Waals surface area contributed by atoms with E-state index >= 15 is 0 Å². The van der Waals surface area contributed by atoms with Gasteiger partial charge in [0.15, 0.2) is 0 Å². The van der Waals surface area contributed by atoms with Crippen LogP contribution in [0, 0.1) is 5.92 Å². The maximum absolute atomic E-state index is 13.3. The molecule has 0 aromatic heterocycles. The van der Waals surface area contributed by atoms with Crippen LogP contribution in [0.15, 0.2) is 48.5 Å². The van der Waals surface area contributed by atoms with Crippen LogP contribution >= 0.6 is 11.6 Å². The summed E-state index contributed by atoms with van der Waals surface area (Å²) in [7, 11) is 1.58. The molecule has 1 fully saturated rings. The molecule has 32 heavy (non-hydrogen) atoms. The van der Waals surface area contributed by atoms with E-state index in [1.807, 2.05) is 43.0 Å². The van der Waals surface area contributed by atoms with Gasteiger partial charge >= 0.3 is 0 Å². The Balaban J connectivity index is 1.60. The molecule has 1 unspecified atom stereocenters. The first-order valence-electron chi connectivity index (χ1n) is 11.1. The van der Waals surface area contributed by atoms with Gasteiger partial charge in [-0.2, -0.15) is 0 Å². The topological polar surface area (TPSA) is 61.9 Å². The summed E-state index contributed by atoms with van der Waals surface area (Å²) in [5.41, 5.74) is 1.72. The first-order chi connectivity index (χ1) is 15.4. The van der Waals surface area contributed by atoms with Crippen LogP contribution in [0.25, 0.3) is 0 Å². The molecule has 0 spiro atoms. The smallest absolute Gasteiger partial charge is 0.251 e. The fourth-order valence-corrected chi connectivity index (χ4v) is 4.00. The fourth-order valence-electron chi connectivity index (χ4n) is 3.87. The van der Waals surface area contributed by atoms with Gasteiger partial charge in [-0.3, -0.25) is 14.5 Å². The average molecular weight is 458 g/mol. The Morgan fingerprint density at radius 1 is 1.00 bits per heavy atom. The van der Waals surface area contributed by atoms with Crippen molar-refractivity contribution in [1.82, 2.24) is 15.1 Å². The third-order valence-electron chi connectivity index (χ3n) is 5.79. The van der Waals surface area contributed by atoms with E-state index in [1.54, 1.807) is 31.4 Å². The maximum Gasteiger partial charge on any atom is 0.251 e. The summed E-state index contributed by atoms with van der Waals surface area (Å²) in [4.78, 5) is 30.3. The number of carbonyl (C=O) groups is 2. The van der Waals surface area contributed by atoms with Crippen LogP contribution in [0.3, 0.4) is 0 Å². The zero-order valence-electron chi connectivity index (χ0n) is 19.0. The zero-order valence-corrected chi connectivity index (χ0v) is 19.8. The van der Waals surface area contributed by atoms with E-state index < -0.39 is 6.04 Å². The van der Waals surface area contributed by atoms with Crippen LogP contribution in [0.4, 0.5) is 0 Å². The minimum atomic E-state index is -0.563. The van der Waals surface area contributed by atoms with E-state index in [1.165, 1.54) is 5.56 Å². The normalized spacial score (nSPS) is 15.8. The second kappa shape index (κ2) is 11.3. The molecule has 172 valence electrons. The first-order valence-corrected chi connectivity index (χ1v) is 11.5. The van der Waals surface area contributed by atoms with Crippen LogP contribution in [0.2, 0.25) is 5.02 Å². The number of carbonyl (C=O) groups excluding carboxylic acids is 2. The van der Waals surface area contributed by atoms with Crippen molar-refractivity contribution in [3.05, 3.63) is 64.7 Å². The van der Waals surface area contributed by atoms with Gasteiger partial charge < -0.3 is 15.0 Å². The van der Waals surface area contributed by atoms with E-state index in [0.717, 1.165) is 31.1 Å². The highest BCUT2D eigenvalue weighted by Gasteiger charge is 2.30. The molecule has 2 aromatic carbocycles. The summed E-state index contributed by atoms with van der Waals surface area (Å²) < 4.78 is 5.15. The fraction of sp³-hybridized carbons (Fsp3) is 0.440. The number of hydrogen-bond donors (Lipinski definition) is 1. The zero-order chi connectivity index (χ0) is 23.1. The van der Waals surface area contributed by atoms with Gasteiger partial charge in [-0.25, -0.2) is 0 Å². The van der Waals surface area contributed by atoms with Gasteiger partial charge in [0.1, 0.15) is 11.8 Å². The maximum atomic E-state index is 13.3. The molecule has 1 heterocycles. The van der Waals surface area contributed by atoms with Gasteiger partial charge in [0.25, 0.3) is 5.91 Å². The van der Waals surface area contributed by atoms with Crippen LogP contribution in [-0.4, -0.2) is 60.9 Å². The van der Waals surface area contributed by atoms with Gasteiger partial charge in [-0.05, 0) is 54.3 Å². The van der Waals surface area contributed by atoms with Gasteiger partial charge in [0, 0.05) is 43.3 Å². The molecule has 0 aliphatic carbocycles. The van der Waals surface area contributed by atoms with E-state index in [9.17, 15) is 9.59 Å². The van der Waals surface area contributed by atoms with Crippen molar-refractivity contribution in [2.75, 3.05) is 33.3 Å². The summed E-state index contributed by atoms with van der Waals surface area (Å²) in [5, 5.41) is 3.68. The van der Waals surface area contributed by atoms with Crippen molar-refractivity contribution in [1.29, 1.82) is 0 Å². The lowest BCUT2D eigenvalue weighted by Crippen LogP contribution is -2.52. The quantitative estimate of drug-likeness (QED) is 0.686. The number of amides is 2. The molecule has 7 heteroatoms. The Labute approximate surface area is 195 Å². The minimum absolute atomic E-state index is 0.0156. The Morgan fingerprint density at radius 3 is 2.31 bits per heavy atom. The van der Waals surface area contributed by atoms with Crippen molar-refractivity contribution >= 4 is 23.4 Å². The molecule has 1 aliphatic rings. The molecule has 1 N–H and O–H groups in total. The first kappa shape index (κ1) is 24.1. The van der Waals surface area contributed by atoms with Crippen molar-refractivity contribution in [2.24, 2.45) is 5.92 Å². The Morgan fingerprint density at radius 2 is 1.69 bits per heavy atom. The lowest BCUT2D eigenvalue weighted by molar-refractivity contribution is -0.134. The number of nitrogens with zero attached hydrogens (tertiary/aromatic N) is 2. The standard InChI is InChI=1S/C25H32ClN3O3/c1-18(2)23(27-24(30)20-7-11-22(32-3)12-8-20)25(31)29-14-4-13-28(15-16-29)17-19-5-9-21(26)10-6-19/h5-12,18,23H,4,13-17H2,1-3H3,(H,27,30). The highest BCUT2D eigenvalue weighted by Crippen LogP contribution is 2.16. The van der Waals surface area contributed by atoms with Crippen LogP contribution < -0.4 is 10.1 Å². The molecule has 1 aliphatic heterocycles. The highest BCUT2D eigenvalue weighted by molar-refractivity contribution is 6.30. The molecular formula is C25H32ClN3O3. The minimum Gasteiger partial charge on any atom is -0.497 e. The molecule has 3 rings (SSSR count). The predicted octanol–water partition coefficient (Wildman–Crippen LogP) is 3.84.